The van der Waals surface area contributed by atoms with Crippen molar-refractivity contribution in [3.05, 3.63) is 15.3 Å². The second kappa shape index (κ2) is 17.7. The van der Waals surface area contributed by atoms with Crippen molar-refractivity contribution in [3.63, 3.8) is 0 Å². The summed E-state index contributed by atoms with van der Waals surface area (Å²) in [6.45, 7) is 0. The fourth-order valence-corrected chi connectivity index (χ4v) is 0. The van der Waals surface area contributed by atoms with E-state index in [1.807, 2.05) is 0 Å². The molecule has 0 aromatic heterocycles. The first-order valence-electron chi connectivity index (χ1n) is 0.956. The van der Waals surface area contributed by atoms with Crippen LogP contribution in [0.3, 0.4) is 0 Å². The molecule has 0 fully saturated rings. The molecule has 0 aromatic rings. The molecule has 7 nitrogen and oxygen atoms in total. The molecule has 0 saturated carbocycles. The number of hydrogen-bond acceptors (Lipinski definition) is 5. The fourth-order valence-electron chi connectivity index (χ4n) is 0. The summed E-state index contributed by atoms with van der Waals surface area (Å²) in [5.41, 5.74) is 0. The van der Waals surface area contributed by atoms with Crippen molar-refractivity contribution in [3.8, 4) is 0 Å². The van der Waals surface area contributed by atoms with E-state index in [2.05, 4.69) is 0 Å². The van der Waals surface area contributed by atoms with Crippen LogP contribution in [-0.4, -0.2) is 11.2 Å². The Kier molecular flexibility index (Phi) is 35.4. The Labute approximate surface area is 43.6 Å². The van der Waals surface area contributed by atoms with Gasteiger partial charge in [0.05, 0.1) is 5.09 Å². The van der Waals surface area contributed by atoms with Crippen LogP contribution in [0.2, 0.25) is 0 Å². The monoisotopic (exact) mass is 124 g/mol. The fraction of sp³-hybridized carbons (Fsp3) is 0. The number of quaternary nitrogens is 1. The zero-order valence-electron chi connectivity index (χ0n) is 3.99. The van der Waals surface area contributed by atoms with Gasteiger partial charge in [-0.1, -0.05) is 0 Å². The first-order valence-corrected chi connectivity index (χ1v) is 0.956. The van der Waals surface area contributed by atoms with Crippen LogP contribution < -0.4 is 6.15 Å². The molecule has 0 bridgehead atoms. The topological polar surface area (TPSA) is 137 Å². The van der Waals surface area contributed by atoms with Crippen LogP contribution in [-0.2, 0) is 9.59 Å². The lowest BCUT2D eigenvalue weighted by molar-refractivity contribution is -0.402. The molecule has 0 spiro atoms. The molecule has 0 saturated heterocycles. The van der Waals surface area contributed by atoms with Crippen LogP contribution in [0.15, 0.2) is 0 Å². The Morgan fingerprint density at radius 3 is 1.25 bits per heavy atom. The molecule has 0 radical (unpaired) electrons. The minimum absolute atomic E-state index is 0. The molecule has 7 heteroatoms. The van der Waals surface area contributed by atoms with E-state index in [0.717, 1.165) is 0 Å². The van der Waals surface area contributed by atoms with Crippen LogP contribution in [0, 0.1) is 15.3 Å². The molecule has 0 heterocycles. The standard InChI is InChI=1S/CO2.NO3.H3N/c2-1-3;2-1(3)4;/h;;1H3/q;-1;/p+1. The highest BCUT2D eigenvalue weighted by Gasteiger charge is 1.45. The van der Waals surface area contributed by atoms with E-state index in [1.54, 1.807) is 0 Å². The van der Waals surface area contributed by atoms with Gasteiger partial charge in [-0.05, 0) is 0 Å². The van der Waals surface area contributed by atoms with E-state index in [1.165, 1.54) is 0 Å². The molecule has 4 N–H and O–H groups in total. The summed E-state index contributed by atoms with van der Waals surface area (Å²) in [5, 5.41) is 14.8. The lowest BCUT2D eigenvalue weighted by Crippen LogP contribution is -1.74. The number of carbonyl (C=O) groups excluding carboxylic acids is 2. The largest absolute Gasteiger partial charge is 0.373 e. The van der Waals surface area contributed by atoms with Gasteiger partial charge in [-0.2, -0.15) is 9.59 Å². The van der Waals surface area contributed by atoms with E-state index in [4.69, 9.17) is 24.9 Å². The molecule has 0 aliphatic heterocycles. The Morgan fingerprint density at radius 1 is 1.25 bits per heavy atom. The van der Waals surface area contributed by atoms with Crippen LogP contribution >= 0.6 is 0 Å². The van der Waals surface area contributed by atoms with Crippen LogP contribution in [0.5, 0.6) is 0 Å². The predicted molar refractivity (Wildman–Crippen MR) is 21.4 cm³/mol. The lowest BCUT2D eigenvalue weighted by Gasteiger charge is -1.74. The molecular weight excluding hydrogens is 120 g/mol. The Balaban J connectivity index is -0.0000000575. The minimum Gasteiger partial charge on any atom is -0.369 e. The van der Waals surface area contributed by atoms with E-state index < -0.39 is 5.09 Å². The van der Waals surface area contributed by atoms with E-state index in [-0.39, 0.29) is 12.3 Å². The van der Waals surface area contributed by atoms with Crippen molar-refractivity contribution >= 4 is 6.15 Å². The maximum atomic E-state index is 8.25. The van der Waals surface area contributed by atoms with Gasteiger partial charge in [-0.15, -0.1) is 0 Å². The molecule has 0 aromatic carbocycles. The van der Waals surface area contributed by atoms with Crippen molar-refractivity contribution in [2.24, 2.45) is 0 Å². The van der Waals surface area contributed by atoms with Gasteiger partial charge in [0, 0.05) is 0 Å². The normalized spacial score (nSPS) is 4.00. The third-order valence-electron chi connectivity index (χ3n) is 0. The van der Waals surface area contributed by atoms with Gasteiger partial charge in [-0.3, -0.25) is 0 Å². The van der Waals surface area contributed by atoms with Crippen LogP contribution in [0.4, 0.5) is 0 Å². The highest BCUT2D eigenvalue weighted by molar-refractivity contribution is 5.20. The number of rotatable bonds is 0. The van der Waals surface area contributed by atoms with Gasteiger partial charge < -0.3 is 21.5 Å². The van der Waals surface area contributed by atoms with Crippen molar-refractivity contribution < 1.29 is 14.7 Å². The Hall–Kier alpha value is -1.46. The Bertz CT molecular complexity index is 78.4. The third kappa shape index (κ3) is 26.7. The summed E-state index contributed by atoms with van der Waals surface area (Å²) >= 11 is 0. The number of nitrogens with zero attached hydrogens (tertiary/aromatic N) is 1. The van der Waals surface area contributed by atoms with Gasteiger partial charge in [0.1, 0.15) is 0 Å². The molecule has 0 aliphatic carbocycles. The highest BCUT2D eigenvalue weighted by atomic mass is 16.9. The van der Waals surface area contributed by atoms with Crippen molar-refractivity contribution in [2.75, 3.05) is 0 Å². The van der Waals surface area contributed by atoms with Crippen molar-refractivity contribution in [2.45, 2.75) is 0 Å². The molecule has 8 heavy (non-hydrogen) atoms. The summed E-state index contributed by atoms with van der Waals surface area (Å²) in [6.07, 6.45) is 0.250. The molecule has 0 aliphatic rings. The second-order valence-corrected chi connectivity index (χ2v) is 0.307. The smallest absolute Gasteiger partial charge is 0.369 e. The molecule has 0 amide bonds. The molecule has 0 rings (SSSR count). The summed E-state index contributed by atoms with van der Waals surface area (Å²) in [6, 6.07) is 0. The van der Waals surface area contributed by atoms with Gasteiger partial charge in [0.2, 0.25) is 0 Å². The summed E-state index contributed by atoms with van der Waals surface area (Å²) in [7, 11) is 0. The molecule has 48 valence electrons. The highest BCUT2D eigenvalue weighted by Crippen LogP contribution is 1.44. The van der Waals surface area contributed by atoms with Gasteiger partial charge in [-0.25, -0.2) is 0 Å². The zero-order valence-corrected chi connectivity index (χ0v) is 3.99. The SMILES string of the molecule is O=C=O.O=[N+]([O-])[O-].[NH4+]. The first-order chi connectivity index (χ1) is 3.15. The zero-order chi connectivity index (χ0) is 6.28. The molecule has 0 atom stereocenters. The minimum atomic E-state index is -1.75. The maximum absolute atomic E-state index is 8.25. The Morgan fingerprint density at radius 2 is 1.25 bits per heavy atom. The molecular formula is CH4N2O5. The maximum Gasteiger partial charge on any atom is 0.373 e. The average Bonchev–Trinajstić information content (AvgIpc) is 1.33. The number of hydrogen-bond donors (Lipinski definition) is 1. The molecule has 0 unspecified atom stereocenters. The van der Waals surface area contributed by atoms with Gasteiger partial charge in [0.25, 0.3) is 0 Å². The third-order valence-corrected chi connectivity index (χ3v) is 0. The average molecular weight is 124 g/mol. The summed E-state index contributed by atoms with van der Waals surface area (Å²) in [4.78, 5) is 24.5. The second-order valence-electron chi connectivity index (χ2n) is 0.307. The van der Waals surface area contributed by atoms with E-state index in [9.17, 15) is 0 Å². The van der Waals surface area contributed by atoms with Gasteiger partial charge in [0.15, 0.2) is 0 Å². The summed E-state index contributed by atoms with van der Waals surface area (Å²) in [5.74, 6) is 0. The van der Waals surface area contributed by atoms with E-state index >= 15 is 0 Å². The lowest BCUT2D eigenvalue weighted by atomic mass is 11.8. The van der Waals surface area contributed by atoms with Gasteiger partial charge >= 0.3 is 6.15 Å². The van der Waals surface area contributed by atoms with Crippen LogP contribution in [0.25, 0.3) is 0 Å². The van der Waals surface area contributed by atoms with Crippen molar-refractivity contribution in [1.29, 1.82) is 0 Å². The first kappa shape index (κ1) is 16.0. The summed E-state index contributed by atoms with van der Waals surface area (Å²) < 4.78 is 0. The van der Waals surface area contributed by atoms with E-state index in [0.29, 0.717) is 0 Å². The quantitative estimate of drug-likeness (QED) is 0.344. The van der Waals surface area contributed by atoms with Crippen molar-refractivity contribution in [1.82, 2.24) is 6.15 Å². The van der Waals surface area contributed by atoms with Crippen LogP contribution in [0.1, 0.15) is 0 Å². The predicted octanol–water partition coefficient (Wildman–Crippen LogP) is -0.446.